The summed E-state index contributed by atoms with van der Waals surface area (Å²) in [5.41, 5.74) is 0. The first kappa shape index (κ1) is 38.4. The van der Waals surface area contributed by atoms with Gasteiger partial charge >= 0.3 is 0 Å². The second-order valence-corrected chi connectivity index (χ2v) is 11.3. The minimum Gasteiger partial charge on any atom is -0.475 e. The summed E-state index contributed by atoms with van der Waals surface area (Å²) in [6.45, 7) is 9.34. The number of ether oxygens (including phenoxy) is 4. The van der Waals surface area contributed by atoms with Gasteiger partial charge in [0.05, 0.1) is 6.26 Å². The summed E-state index contributed by atoms with van der Waals surface area (Å²) in [6.07, 6.45) is 36.6. The topological polar surface area (TPSA) is 36.9 Å². The summed E-state index contributed by atoms with van der Waals surface area (Å²) in [6, 6.07) is 0. The Hall–Kier alpha value is -0.580. The van der Waals surface area contributed by atoms with E-state index in [4.69, 9.17) is 18.9 Å². The van der Waals surface area contributed by atoms with Crippen LogP contribution in [0.1, 0.15) is 181 Å². The van der Waals surface area contributed by atoms with Gasteiger partial charge in [0, 0.05) is 19.8 Å². The first-order valence-electron chi connectivity index (χ1n) is 17.4. The Morgan fingerprint density at radius 2 is 0.923 bits per heavy atom. The number of allylic oxidation sites excluding steroid dienone is 1. The van der Waals surface area contributed by atoms with E-state index in [2.05, 4.69) is 19.9 Å². The Bertz CT molecular complexity index is 432. The summed E-state index contributed by atoms with van der Waals surface area (Å²) in [7, 11) is 0. The maximum atomic E-state index is 6.23. The van der Waals surface area contributed by atoms with Gasteiger partial charge in [-0.25, -0.2) is 0 Å². The molecule has 0 saturated carbocycles. The molecule has 0 N–H and O–H groups in total. The molecule has 0 bridgehead atoms. The third-order valence-electron chi connectivity index (χ3n) is 7.46. The molecular formula is C35H70O4. The van der Waals surface area contributed by atoms with Crippen LogP contribution in [-0.4, -0.2) is 32.9 Å². The van der Waals surface area contributed by atoms with E-state index in [1.54, 1.807) is 6.26 Å². The van der Waals surface area contributed by atoms with Crippen molar-refractivity contribution in [1.82, 2.24) is 0 Å². The molecule has 0 amide bonds. The summed E-state index contributed by atoms with van der Waals surface area (Å²) in [4.78, 5) is 0. The lowest BCUT2D eigenvalue weighted by Gasteiger charge is -2.19. The Morgan fingerprint density at radius 1 is 0.487 bits per heavy atom. The average Bonchev–Trinajstić information content (AvgIpc) is 2.95. The monoisotopic (exact) mass is 555 g/mol. The molecule has 0 unspecified atom stereocenters. The number of rotatable bonds is 34. The average molecular weight is 555 g/mol. The number of hydrogen-bond donors (Lipinski definition) is 0. The van der Waals surface area contributed by atoms with E-state index in [0.717, 1.165) is 26.1 Å². The van der Waals surface area contributed by atoms with E-state index < -0.39 is 0 Å². The summed E-state index contributed by atoms with van der Waals surface area (Å²) < 4.78 is 22.9. The van der Waals surface area contributed by atoms with E-state index in [9.17, 15) is 0 Å². The van der Waals surface area contributed by atoms with Gasteiger partial charge in [0.15, 0.2) is 13.1 Å². The van der Waals surface area contributed by atoms with Gasteiger partial charge in [0.1, 0.15) is 0 Å². The van der Waals surface area contributed by atoms with E-state index in [0.29, 0.717) is 13.4 Å². The van der Waals surface area contributed by atoms with Crippen LogP contribution in [0.25, 0.3) is 0 Å². The zero-order valence-corrected chi connectivity index (χ0v) is 26.9. The van der Waals surface area contributed by atoms with Crippen molar-refractivity contribution in [3.63, 3.8) is 0 Å². The zero-order valence-electron chi connectivity index (χ0n) is 26.9. The van der Waals surface area contributed by atoms with Crippen LogP contribution in [0.4, 0.5) is 0 Å². The molecule has 0 saturated heterocycles. The summed E-state index contributed by atoms with van der Waals surface area (Å²) in [5, 5.41) is 0. The van der Waals surface area contributed by atoms with Crippen LogP contribution in [-0.2, 0) is 18.9 Å². The molecule has 234 valence electrons. The van der Waals surface area contributed by atoms with Crippen molar-refractivity contribution < 1.29 is 18.9 Å². The Balaban J connectivity index is 3.87. The fraction of sp³-hybridized carbons (Fsp3) is 0.943. The lowest BCUT2D eigenvalue weighted by molar-refractivity contribution is -0.148. The van der Waals surface area contributed by atoms with Crippen LogP contribution in [0.2, 0.25) is 0 Å². The first-order chi connectivity index (χ1) is 19.3. The molecule has 0 heterocycles. The lowest BCUT2D eigenvalue weighted by Crippen LogP contribution is -2.19. The molecule has 0 rings (SSSR count). The van der Waals surface area contributed by atoms with E-state index in [1.165, 1.54) is 148 Å². The van der Waals surface area contributed by atoms with Gasteiger partial charge in [0.25, 0.3) is 0 Å². The molecule has 4 nitrogen and oxygen atoms in total. The molecule has 0 aliphatic carbocycles. The van der Waals surface area contributed by atoms with Crippen molar-refractivity contribution in [2.24, 2.45) is 0 Å². The molecule has 0 aromatic rings. The molecule has 0 radical (unpaired) electrons. The van der Waals surface area contributed by atoms with Gasteiger partial charge < -0.3 is 18.9 Å². The van der Waals surface area contributed by atoms with Gasteiger partial charge in [-0.3, -0.25) is 0 Å². The second kappa shape index (κ2) is 35.4. The van der Waals surface area contributed by atoms with Crippen LogP contribution in [0.15, 0.2) is 12.3 Å². The highest BCUT2D eigenvalue weighted by Gasteiger charge is 2.09. The Kier molecular flexibility index (Phi) is 34.9. The highest BCUT2D eigenvalue weighted by molar-refractivity contribution is 4.72. The van der Waals surface area contributed by atoms with Crippen LogP contribution in [0.5, 0.6) is 0 Å². The molecule has 0 spiro atoms. The maximum absolute atomic E-state index is 6.23. The lowest BCUT2D eigenvalue weighted by atomic mass is 10.1. The largest absolute Gasteiger partial charge is 0.475 e. The predicted octanol–water partition coefficient (Wildman–Crippen LogP) is 11.7. The molecule has 0 atom stereocenters. The van der Waals surface area contributed by atoms with Gasteiger partial charge in [-0.1, -0.05) is 136 Å². The van der Waals surface area contributed by atoms with E-state index in [1.807, 2.05) is 6.92 Å². The minimum atomic E-state index is 0.0100. The van der Waals surface area contributed by atoms with Crippen LogP contribution in [0, 0.1) is 0 Å². The predicted molar refractivity (Wildman–Crippen MR) is 169 cm³/mol. The van der Waals surface area contributed by atoms with Crippen molar-refractivity contribution in [2.45, 2.75) is 188 Å². The standard InChI is InChI=1S/C35H70O4/c1-4-7-9-11-13-20-24-28-32-38-35(39-33-29-25-21-14-12-10-8-5-2)30-26-22-18-16-15-17-19-23-27-31-37-34-36-6-3/h27,31,35H,4-26,28-30,32-34H2,1-3H3. The van der Waals surface area contributed by atoms with Crippen molar-refractivity contribution in [2.75, 3.05) is 26.6 Å². The van der Waals surface area contributed by atoms with Crippen LogP contribution in [0.3, 0.4) is 0 Å². The fourth-order valence-electron chi connectivity index (χ4n) is 4.88. The molecule has 0 fully saturated rings. The Morgan fingerprint density at radius 3 is 1.41 bits per heavy atom. The minimum absolute atomic E-state index is 0.0100. The molecule has 0 aromatic carbocycles. The van der Waals surface area contributed by atoms with Crippen LogP contribution < -0.4 is 0 Å². The van der Waals surface area contributed by atoms with Gasteiger partial charge in [-0.15, -0.1) is 0 Å². The van der Waals surface area contributed by atoms with Gasteiger partial charge in [0.2, 0.25) is 0 Å². The molecule has 39 heavy (non-hydrogen) atoms. The normalized spacial score (nSPS) is 11.8. The van der Waals surface area contributed by atoms with Gasteiger partial charge in [-0.05, 0) is 51.5 Å². The Labute approximate surface area is 245 Å². The fourth-order valence-corrected chi connectivity index (χ4v) is 4.88. The quantitative estimate of drug-likeness (QED) is 0.0450. The number of hydrogen-bond acceptors (Lipinski definition) is 4. The molecule has 4 heteroatoms. The summed E-state index contributed by atoms with van der Waals surface area (Å²) >= 11 is 0. The SMILES string of the molecule is CCCCCCCCCCOC(CCCCCCCCCC=COCOCC)OCCCCCCCCCC. The number of unbranched alkanes of at least 4 members (excludes halogenated alkanes) is 21. The zero-order chi connectivity index (χ0) is 28.3. The summed E-state index contributed by atoms with van der Waals surface area (Å²) in [5.74, 6) is 0. The van der Waals surface area contributed by atoms with E-state index >= 15 is 0 Å². The smallest absolute Gasteiger partial charge is 0.188 e. The van der Waals surface area contributed by atoms with Gasteiger partial charge in [-0.2, -0.15) is 0 Å². The van der Waals surface area contributed by atoms with E-state index in [-0.39, 0.29) is 6.29 Å². The first-order valence-corrected chi connectivity index (χ1v) is 17.4. The second-order valence-electron chi connectivity index (χ2n) is 11.3. The van der Waals surface area contributed by atoms with Crippen LogP contribution >= 0.6 is 0 Å². The molecule has 0 aromatic heterocycles. The van der Waals surface area contributed by atoms with Crippen molar-refractivity contribution in [1.29, 1.82) is 0 Å². The molecular weight excluding hydrogens is 484 g/mol. The van der Waals surface area contributed by atoms with Crippen molar-refractivity contribution in [3.05, 3.63) is 12.3 Å². The maximum Gasteiger partial charge on any atom is 0.188 e. The third-order valence-corrected chi connectivity index (χ3v) is 7.46. The van der Waals surface area contributed by atoms with Crippen molar-refractivity contribution in [3.8, 4) is 0 Å². The van der Waals surface area contributed by atoms with Crippen molar-refractivity contribution >= 4 is 0 Å². The highest BCUT2D eigenvalue weighted by Crippen LogP contribution is 2.15. The molecule has 0 aliphatic rings. The third kappa shape index (κ3) is 33.5. The molecule has 0 aliphatic heterocycles. The highest BCUT2D eigenvalue weighted by atomic mass is 16.7.